The normalized spacial score (nSPS) is 9.12. The standard InChI is InChI=1S/C5H3ClNO/c6-5-3-1-2-4-7(5)8/h1,3-4H. The fraction of sp³-hybridized carbons (Fsp3) is 0. The van der Waals surface area contributed by atoms with E-state index in [1.54, 1.807) is 6.07 Å². The molecule has 3 heteroatoms. The van der Waals surface area contributed by atoms with Crippen LogP contribution in [-0.2, 0) is 0 Å². The first-order valence-corrected chi connectivity index (χ1v) is 2.43. The second-order valence-electron chi connectivity index (χ2n) is 1.28. The Labute approximate surface area is 51.9 Å². The van der Waals surface area contributed by atoms with Crippen molar-refractivity contribution in [2.24, 2.45) is 0 Å². The lowest BCUT2D eigenvalue weighted by atomic mass is 10.5. The van der Waals surface area contributed by atoms with Crippen molar-refractivity contribution >= 4 is 11.6 Å². The van der Waals surface area contributed by atoms with Gasteiger partial charge < -0.3 is 5.21 Å². The van der Waals surface area contributed by atoms with Crippen LogP contribution in [-0.4, -0.2) is 0 Å². The molecular formula is C5H3ClNO. The number of hydrogen-bond acceptors (Lipinski definition) is 1. The lowest BCUT2D eigenvalue weighted by molar-refractivity contribution is -0.603. The Balaban J connectivity index is 3.13. The Kier molecular flexibility index (Phi) is 1.35. The highest BCUT2D eigenvalue weighted by Crippen LogP contribution is 1.95. The zero-order valence-electron chi connectivity index (χ0n) is 3.97. The molecule has 41 valence electrons. The van der Waals surface area contributed by atoms with Gasteiger partial charge in [0, 0.05) is 6.07 Å². The van der Waals surface area contributed by atoms with Gasteiger partial charge in [-0.2, -0.15) is 4.73 Å². The summed E-state index contributed by atoms with van der Waals surface area (Å²) in [6.45, 7) is 0. The van der Waals surface area contributed by atoms with Crippen LogP contribution in [0.4, 0.5) is 0 Å². The van der Waals surface area contributed by atoms with Gasteiger partial charge >= 0.3 is 0 Å². The van der Waals surface area contributed by atoms with Crippen molar-refractivity contribution < 1.29 is 4.73 Å². The number of halogens is 1. The average Bonchev–Trinajstić information content (AvgIpc) is 1.77. The van der Waals surface area contributed by atoms with Gasteiger partial charge in [0.1, 0.15) is 0 Å². The molecule has 0 spiro atoms. The first-order chi connectivity index (χ1) is 3.80. The number of aromatic nitrogens is 1. The first kappa shape index (κ1) is 5.38. The third kappa shape index (κ3) is 0.898. The average molecular weight is 129 g/mol. The van der Waals surface area contributed by atoms with Gasteiger partial charge in [0.15, 0.2) is 6.20 Å². The van der Waals surface area contributed by atoms with Crippen molar-refractivity contribution in [1.29, 1.82) is 0 Å². The minimum atomic E-state index is 0.170. The van der Waals surface area contributed by atoms with Crippen LogP contribution >= 0.6 is 11.6 Å². The third-order valence-electron chi connectivity index (χ3n) is 0.719. The van der Waals surface area contributed by atoms with E-state index in [2.05, 4.69) is 6.07 Å². The third-order valence-corrected chi connectivity index (χ3v) is 1.01. The minimum Gasteiger partial charge on any atom is -0.618 e. The SMILES string of the molecule is [O-][n+]1c[c]ccc1Cl. The zero-order chi connectivity index (χ0) is 5.98. The summed E-state index contributed by atoms with van der Waals surface area (Å²) in [6, 6.07) is 5.63. The predicted octanol–water partition coefficient (Wildman–Crippen LogP) is 0.774. The Morgan fingerprint density at radius 3 is 2.88 bits per heavy atom. The maximum absolute atomic E-state index is 10.4. The lowest BCUT2D eigenvalue weighted by Crippen LogP contribution is -2.25. The van der Waals surface area contributed by atoms with E-state index in [0.717, 1.165) is 0 Å². The number of pyridine rings is 1. The number of rotatable bonds is 0. The molecule has 1 heterocycles. The molecule has 0 saturated heterocycles. The molecule has 1 rings (SSSR count). The first-order valence-electron chi connectivity index (χ1n) is 2.05. The van der Waals surface area contributed by atoms with Crippen LogP contribution in [0.3, 0.4) is 0 Å². The van der Waals surface area contributed by atoms with E-state index >= 15 is 0 Å². The summed E-state index contributed by atoms with van der Waals surface area (Å²) < 4.78 is 0.543. The highest BCUT2D eigenvalue weighted by atomic mass is 35.5. The van der Waals surface area contributed by atoms with Crippen molar-refractivity contribution in [3.8, 4) is 0 Å². The monoisotopic (exact) mass is 128 g/mol. The summed E-state index contributed by atoms with van der Waals surface area (Å²) in [7, 11) is 0. The summed E-state index contributed by atoms with van der Waals surface area (Å²) in [5.41, 5.74) is 0. The molecule has 0 atom stereocenters. The Bertz CT molecular complexity index is 169. The fourth-order valence-corrected chi connectivity index (χ4v) is 0.475. The van der Waals surface area contributed by atoms with E-state index < -0.39 is 0 Å². The molecule has 0 aliphatic heterocycles. The van der Waals surface area contributed by atoms with E-state index in [1.807, 2.05) is 0 Å². The largest absolute Gasteiger partial charge is 0.618 e. The molecule has 0 aliphatic carbocycles. The molecule has 0 fully saturated rings. The van der Waals surface area contributed by atoms with Crippen LogP contribution in [0.5, 0.6) is 0 Å². The molecule has 2 nitrogen and oxygen atoms in total. The number of hydrogen-bond donors (Lipinski definition) is 0. The van der Waals surface area contributed by atoms with Crippen LogP contribution in [0.2, 0.25) is 5.15 Å². The summed E-state index contributed by atoms with van der Waals surface area (Å²) in [6.07, 6.45) is 1.22. The van der Waals surface area contributed by atoms with Crippen LogP contribution in [0.25, 0.3) is 0 Å². The van der Waals surface area contributed by atoms with Crippen LogP contribution in [0.15, 0.2) is 18.3 Å². The quantitative estimate of drug-likeness (QED) is 0.288. The van der Waals surface area contributed by atoms with Gasteiger partial charge in [-0.05, 0) is 17.7 Å². The van der Waals surface area contributed by atoms with E-state index in [4.69, 9.17) is 11.6 Å². The second kappa shape index (κ2) is 2.01. The Hall–Kier alpha value is -0.760. The molecule has 0 amide bonds. The van der Waals surface area contributed by atoms with E-state index in [0.29, 0.717) is 4.73 Å². The highest BCUT2D eigenvalue weighted by Gasteiger charge is 1.93. The highest BCUT2D eigenvalue weighted by molar-refractivity contribution is 6.28. The predicted molar refractivity (Wildman–Crippen MR) is 29.2 cm³/mol. The van der Waals surface area contributed by atoms with Gasteiger partial charge in [0.05, 0.1) is 6.07 Å². The van der Waals surface area contributed by atoms with Crippen LogP contribution in [0.1, 0.15) is 0 Å². The van der Waals surface area contributed by atoms with Crippen molar-refractivity contribution in [2.45, 2.75) is 0 Å². The molecule has 0 saturated carbocycles. The number of nitrogens with zero attached hydrogens (tertiary/aromatic N) is 1. The van der Waals surface area contributed by atoms with E-state index in [-0.39, 0.29) is 5.15 Å². The van der Waals surface area contributed by atoms with E-state index in [9.17, 15) is 5.21 Å². The van der Waals surface area contributed by atoms with Gasteiger partial charge in [0.25, 0.3) is 5.15 Å². The lowest BCUT2D eigenvalue weighted by Gasteiger charge is -1.92. The maximum atomic E-state index is 10.4. The van der Waals surface area contributed by atoms with Crippen molar-refractivity contribution in [3.05, 3.63) is 34.8 Å². The topological polar surface area (TPSA) is 26.9 Å². The van der Waals surface area contributed by atoms with Gasteiger partial charge in [-0.3, -0.25) is 0 Å². The molecule has 0 N–H and O–H groups in total. The van der Waals surface area contributed by atoms with Gasteiger partial charge in [-0.15, -0.1) is 0 Å². The molecule has 1 aromatic heterocycles. The molecule has 0 aromatic carbocycles. The van der Waals surface area contributed by atoms with E-state index in [1.165, 1.54) is 12.3 Å². The Morgan fingerprint density at radius 2 is 2.50 bits per heavy atom. The van der Waals surface area contributed by atoms with Crippen LogP contribution in [0, 0.1) is 11.3 Å². The van der Waals surface area contributed by atoms with Gasteiger partial charge in [0.2, 0.25) is 0 Å². The second-order valence-corrected chi connectivity index (χ2v) is 1.66. The summed E-state index contributed by atoms with van der Waals surface area (Å²) in [4.78, 5) is 0. The summed E-state index contributed by atoms with van der Waals surface area (Å²) in [5, 5.41) is 10.5. The molecule has 1 radical (unpaired) electrons. The summed E-state index contributed by atoms with van der Waals surface area (Å²) in [5.74, 6) is 0. The van der Waals surface area contributed by atoms with Gasteiger partial charge in [-0.1, -0.05) is 0 Å². The molecule has 8 heavy (non-hydrogen) atoms. The smallest absolute Gasteiger partial charge is 0.286 e. The maximum Gasteiger partial charge on any atom is 0.286 e. The fourth-order valence-electron chi connectivity index (χ4n) is 0.363. The molecule has 0 bridgehead atoms. The summed E-state index contributed by atoms with van der Waals surface area (Å²) >= 11 is 5.34. The zero-order valence-corrected chi connectivity index (χ0v) is 4.72. The van der Waals surface area contributed by atoms with Crippen molar-refractivity contribution in [2.75, 3.05) is 0 Å². The van der Waals surface area contributed by atoms with Crippen molar-refractivity contribution in [3.63, 3.8) is 0 Å². The molecule has 1 aromatic rings. The van der Waals surface area contributed by atoms with Gasteiger partial charge in [-0.25, -0.2) is 0 Å². The molecule has 0 unspecified atom stereocenters. The molecular weight excluding hydrogens is 126 g/mol. The van der Waals surface area contributed by atoms with Crippen LogP contribution < -0.4 is 4.73 Å². The minimum absolute atomic E-state index is 0.170. The van der Waals surface area contributed by atoms with Crippen molar-refractivity contribution in [1.82, 2.24) is 0 Å². The molecule has 0 aliphatic rings. The Morgan fingerprint density at radius 1 is 1.75 bits per heavy atom.